The molecule has 0 saturated heterocycles. The summed E-state index contributed by atoms with van der Waals surface area (Å²) in [6.07, 6.45) is 1.46. The normalized spacial score (nSPS) is 11.9. The third-order valence-corrected chi connectivity index (χ3v) is 8.19. The summed E-state index contributed by atoms with van der Waals surface area (Å²) >= 11 is 7.91. The predicted molar refractivity (Wildman–Crippen MR) is 163 cm³/mol. The molecule has 0 radical (unpaired) electrons. The van der Waals surface area contributed by atoms with E-state index in [2.05, 4.69) is 21.7 Å². The summed E-state index contributed by atoms with van der Waals surface area (Å²) in [5.74, 6) is -1.03. The van der Waals surface area contributed by atoms with Gasteiger partial charge in [0.05, 0.1) is 13.7 Å². The molecule has 1 aliphatic heterocycles. The van der Waals surface area contributed by atoms with Crippen molar-refractivity contribution in [2.75, 3.05) is 25.6 Å². The highest BCUT2D eigenvalue weighted by molar-refractivity contribution is 7.13. The van der Waals surface area contributed by atoms with E-state index < -0.39 is 17.8 Å². The van der Waals surface area contributed by atoms with Crippen LogP contribution in [0, 0.1) is 0 Å². The highest BCUT2D eigenvalue weighted by Crippen LogP contribution is 2.43. The molecule has 0 aliphatic carbocycles. The van der Waals surface area contributed by atoms with Gasteiger partial charge in [-0.1, -0.05) is 24.6 Å². The highest BCUT2D eigenvalue weighted by atomic mass is 35.5. The van der Waals surface area contributed by atoms with E-state index in [-0.39, 0.29) is 23.5 Å². The summed E-state index contributed by atoms with van der Waals surface area (Å²) < 4.78 is 11.1. The fraction of sp³-hybridized carbons (Fsp3) is 0.226. The van der Waals surface area contributed by atoms with E-state index >= 15 is 0 Å². The Morgan fingerprint density at radius 2 is 1.90 bits per heavy atom. The van der Waals surface area contributed by atoms with Gasteiger partial charge in [-0.25, -0.2) is 9.78 Å². The number of carbonyl (C=O) groups is 3. The van der Waals surface area contributed by atoms with Gasteiger partial charge in [-0.3, -0.25) is 9.59 Å². The van der Waals surface area contributed by atoms with Crippen molar-refractivity contribution in [1.82, 2.24) is 10.3 Å². The first-order valence-corrected chi connectivity index (χ1v) is 14.7. The van der Waals surface area contributed by atoms with Crippen molar-refractivity contribution in [2.24, 2.45) is 5.73 Å². The van der Waals surface area contributed by atoms with E-state index in [4.69, 9.17) is 26.8 Å². The SMILES string of the molecule is CCCNC(=O)c1ccc(-c2cc3c(cc2C(=O)Nc2ccc(CN)c(Cl)c2)-c2sccc2CCO3)c(C(=O)OC)n1. The van der Waals surface area contributed by atoms with Gasteiger partial charge < -0.3 is 25.8 Å². The second kappa shape index (κ2) is 12.7. The van der Waals surface area contributed by atoms with Crippen LogP contribution in [0.4, 0.5) is 5.69 Å². The number of fused-ring (bicyclic) bond motifs is 3. The van der Waals surface area contributed by atoms with E-state index in [1.54, 1.807) is 47.7 Å². The Hall–Kier alpha value is -4.25. The highest BCUT2D eigenvalue weighted by Gasteiger charge is 2.27. The Morgan fingerprint density at radius 3 is 2.64 bits per heavy atom. The zero-order chi connectivity index (χ0) is 29.8. The Bertz CT molecular complexity index is 1690. The summed E-state index contributed by atoms with van der Waals surface area (Å²) in [6, 6.07) is 13.8. The van der Waals surface area contributed by atoms with Crippen LogP contribution in [-0.4, -0.2) is 43.0 Å². The van der Waals surface area contributed by atoms with Crippen molar-refractivity contribution in [3.05, 3.63) is 87.0 Å². The molecule has 9 nitrogen and oxygen atoms in total. The predicted octanol–water partition coefficient (Wildman–Crippen LogP) is 5.70. The number of rotatable bonds is 8. The quantitative estimate of drug-likeness (QED) is 0.220. The third kappa shape index (κ3) is 5.87. The molecule has 2 aromatic carbocycles. The number of hydrogen-bond acceptors (Lipinski definition) is 8. The van der Waals surface area contributed by atoms with Crippen LogP contribution < -0.4 is 21.1 Å². The van der Waals surface area contributed by atoms with Crippen molar-refractivity contribution in [1.29, 1.82) is 0 Å². The van der Waals surface area contributed by atoms with Crippen LogP contribution in [0.25, 0.3) is 21.6 Å². The number of benzene rings is 2. The molecule has 11 heteroatoms. The standard InChI is InChI=1S/C31H29ClN4O5S/c1-3-10-34-30(38)25-7-6-20(27(36-25)31(39)40-2)21-15-26-23(28-17(8-11-41-26)9-12-42-28)14-22(21)29(37)35-19-5-4-18(16-33)24(32)13-19/h4-7,9,12-15H,3,8,10-11,16,33H2,1-2H3,(H,34,38)(H,35,37). The van der Waals surface area contributed by atoms with Crippen LogP contribution in [0.15, 0.2) is 53.9 Å². The molecule has 5 rings (SSSR count). The number of hydrogen-bond donors (Lipinski definition) is 3. The first-order chi connectivity index (χ1) is 20.3. The number of amides is 2. The number of carbonyl (C=O) groups excluding carboxylic acids is 3. The Morgan fingerprint density at radius 1 is 1.07 bits per heavy atom. The number of halogens is 1. The molecule has 0 unspecified atom stereocenters. The van der Waals surface area contributed by atoms with Gasteiger partial charge in [0.2, 0.25) is 0 Å². The van der Waals surface area contributed by atoms with E-state index in [1.807, 2.05) is 12.3 Å². The zero-order valence-corrected chi connectivity index (χ0v) is 24.7. The van der Waals surface area contributed by atoms with Gasteiger partial charge in [0.15, 0.2) is 5.69 Å². The lowest BCUT2D eigenvalue weighted by Gasteiger charge is -2.17. The lowest BCUT2D eigenvalue weighted by molar-refractivity contribution is 0.0594. The molecule has 4 N–H and O–H groups in total. The maximum absolute atomic E-state index is 13.9. The van der Waals surface area contributed by atoms with Gasteiger partial charge in [-0.2, -0.15) is 0 Å². The smallest absolute Gasteiger partial charge is 0.357 e. The van der Waals surface area contributed by atoms with E-state index in [9.17, 15) is 14.4 Å². The summed E-state index contributed by atoms with van der Waals surface area (Å²) in [5, 5.41) is 8.12. The molecule has 0 fully saturated rings. The molecule has 1 aliphatic rings. The van der Waals surface area contributed by atoms with Crippen LogP contribution in [0.2, 0.25) is 5.02 Å². The Balaban J connectivity index is 1.67. The topological polar surface area (TPSA) is 133 Å². The number of esters is 1. The van der Waals surface area contributed by atoms with Crippen LogP contribution >= 0.6 is 22.9 Å². The Kier molecular flexibility index (Phi) is 8.86. The van der Waals surface area contributed by atoms with Crippen LogP contribution in [0.1, 0.15) is 55.8 Å². The largest absolute Gasteiger partial charge is 0.493 e. The van der Waals surface area contributed by atoms with E-state index in [0.29, 0.717) is 47.2 Å². The maximum Gasteiger partial charge on any atom is 0.357 e. The molecule has 3 heterocycles. The molecule has 2 amide bonds. The summed E-state index contributed by atoms with van der Waals surface area (Å²) in [4.78, 5) is 44.9. The van der Waals surface area contributed by atoms with Gasteiger partial charge in [-0.05, 0) is 65.4 Å². The number of nitrogens with two attached hydrogens (primary N) is 1. The zero-order valence-electron chi connectivity index (χ0n) is 23.1. The molecular formula is C31H29ClN4O5S. The molecule has 0 bridgehead atoms. The number of methoxy groups -OCH3 is 1. The fourth-order valence-electron chi connectivity index (χ4n) is 4.70. The molecule has 4 aromatic rings. The molecule has 0 spiro atoms. The fourth-order valence-corrected chi connectivity index (χ4v) is 5.93. The van der Waals surface area contributed by atoms with Crippen molar-refractivity contribution < 1.29 is 23.9 Å². The minimum absolute atomic E-state index is 0.0578. The number of nitrogens with zero attached hydrogens (tertiary/aromatic N) is 1. The first kappa shape index (κ1) is 29.2. The number of anilines is 1. The van der Waals surface area contributed by atoms with Gasteiger partial charge in [0.1, 0.15) is 11.4 Å². The molecule has 42 heavy (non-hydrogen) atoms. The van der Waals surface area contributed by atoms with Gasteiger partial charge in [0, 0.05) is 57.4 Å². The summed E-state index contributed by atoms with van der Waals surface area (Å²) in [7, 11) is 1.23. The third-order valence-electron chi connectivity index (χ3n) is 6.85. The number of aromatic nitrogens is 1. The van der Waals surface area contributed by atoms with E-state index in [0.717, 1.165) is 28.0 Å². The summed E-state index contributed by atoms with van der Waals surface area (Å²) in [6.45, 7) is 3.11. The average Bonchev–Trinajstić information content (AvgIpc) is 3.40. The van der Waals surface area contributed by atoms with Crippen molar-refractivity contribution in [2.45, 2.75) is 26.3 Å². The lowest BCUT2D eigenvalue weighted by Crippen LogP contribution is -2.26. The monoisotopic (exact) mass is 604 g/mol. The van der Waals surface area contributed by atoms with Crippen molar-refractivity contribution in [3.8, 4) is 27.3 Å². The number of nitrogens with one attached hydrogen (secondary N) is 2. The first-order valence-electron chi connectivity index (χ1n) is 13.4. The van der Waals surface area contributed by atoms with Crippen LogP contribution in [0.3, 0.4) is 0 Å². The van der Waals surface area contributed by atoms with Crippen LogP contribution in [-0.2, 0) is 17.7 Å². The van der Waals surface area contributed by atoms with Crippen molar-refractivity contribution in [3.63, 3.8) is 0 Å². The second-order valence-electron chi connectivity index (χ2n) is 9.57. The summed E-state index contributed by atoms with van der Waals surface area (Å²) in [5.41, 5.74) is 9.80. The van der Waals surface area contributed by atoms with Gasteiger partial charge in [-0.15, -0.1) is 11.3 Å². The van der Waals surface area contributed by atoms with Gasteiger partial charge >= 0.3 is 5.97 Å². The minimum atomic E-state index is -0.748. The Labute approximate surface area is 252 Å². The van der Waals surface area contributed by atoms with Gasteiger partial charge in [0.25, 0.3) is 11.8 Å². The second-order valence-corrected chi connectivity index (χ2v) is 10.9. The minimum Gasteiger partial charge on any atom is -0.493 e. The molecular weight excluding hydrogens is 576 g/mol. The average molecular weight is 605 g/mol. The molecule has 216 valence electrons. The maximum atomic E-state index is 13.9. The number of thiophene rings is 1. The molecule has 0 saturated carbocycles. The molecule has 2 aromatic heterocycles. The van der Waals surface area contributed by atoms with E-state index in [1.165, 1.54) is 13.2 Å². The number of ether oxygens (including phenoxy) is 2. The van der Waals surface area contributed by atoms with Crippen molar-refractivity contribution >= 4 is 46.4 Å². The lowest BCUT2D eigenvalue weighted by atomic mass is 9.93. The number of pyridine rings is 1. The van der Waals surface area contributed by atoms with Crippen LogP contribution in [0.5, 0.6) is 5.75 Å². The molecule has 0 atom stereocenters.